The Morgan fingerprint density at radius 2 is 2.00 bits per heavy atom. The first-order valence-corrected chi connectivity index (χ1v) is 7.28. The number of hydrogen-bond acceptors (Lipinski definition) is 3. The Bertz CT molecular complexity index is 785. The number of nitrogens with one attached hydrogen (secondary N) is 1. The van der Waals surface area contributed by atoms with Crippen molar-refractivity contribution in [3.05, 3.63) is 65.2 Å². The lowest BCUT2D eigenvalue weighted by Gasteiger charge is -2.09. The third kappa shape index (κ3) is 5.27. The first-order chi connectivity index (χ1) is 11.8. The topological polar surface area (TPSA) is 58.6 Å². The van der Waals surface area contributed by atoms with Gasteiger partial charge < -0.3 is 15.2 Å². The van der Waals surface area contributed by atoms with Gasteiger partial charge in [0.15, 0.2) is 11.5 Å². The summed E-state index contributed by atoms with van der Waals surface area (Å²) in [6.07, 6.45) is -1.67. The van der Waals surface area contributed by atoms with Gasteiger partial charge in [-0.05, 0) is 41.5 Å². The maximum absolute atomic E-state index is 12.6. The standard InChI is InChI=1S/C18H16F3NO3/c1-25-16-10-12(5-7-15(16)23)6-8-17(24)22-11-13-3-2-4-14(9-13)18(19,20)21/h2-10,23H,11H2,1H3,(H,22,24). The van der Waals surface area contributed by atoms with Crippen LogP contribution in [0.2, 0.25) is 0 Å². The molecule has 4 nitrogen and oxygen atoms in total. The lowest BCUT2D eigenvalue weighted by Crippen LogP contribution is -2.20. The molecule has 132 valence electrons. The van der Waals surface area contributed by atoms with Crippen molar-refractivity contribution in [2.75, 3.05) is 7.11 Å². The molecule has 0 fully saturated rings. The molecule has 0 saturated heterocycles. The van der Waals surface area contributed by atoms with Crippen molar-refractivity contribution in [3.63, 3.8) is 0 Å². The monoisotopic (exact) mass is 351 g/mol. The predicted molar refractivity (Wildman–Crippen MR) is 87.0 cm³/mol. The largest absolute Gasteiger partial charge is 0.504 e. The van der Waals surface area contributed by atoms with Crippen LogP contribution in [0.3, 0.4) is 0 Å². The predicted octanol–water partition coefficient (Wildman–Crippen LogP) is 3.75. The molecule has 0 atom stereocenters. The molecule has 0 heterocycles. The first-order valence-electron chi connectivity index (χ1n) is 7.28. The zero-order valence-corrected chi connectivity index (χ0v) is 13.3. The van der Waals surface area contributed by atoms with E-state index < -0.39 is 17.6 Å². The Balaban J connectivity index is 1.97. The van der Waals surface area contributed by atoms with E-state index in [0.29, 0.717) is 11.1 Å². The molecular formula is C18H16F3NO3. The summed E-state index contributed by atoms with van der Waals surface area (Å²) in [6.45, 7) is -0.0218. The van der Waals surface area contributed by atoms with E-state index in [4.69, 9.17) is 4.74 Å². The third-order valence-electron chi connectivity index (χ3n) is 3.35. The number of amides is 1. The quantitative estimate of drug-likeness (QED) is 0.807. The fraction of sp³-hybridized carbons (Fsp3) is 0.167. The zero-order valence-electron chi connectivity index (χ0n) is 13.3. The van der Waals surface area contributed by atoms with Gasteiger partial charge in [-0.15, -0.1) is 0 Å². The van der Waals surface area contributed by atoms with Crippen LogP contribution in [0.15, 0.2) is 48.5 Å². The molecule has 0 radical (unpaired) electrons. The summed E-state index contributed by atoms with van der Waals surface area (Å²) in [4.78, 5) is 11.8. The normalized spacial score (nSPS) is 11.5. The van der Waals surface area contributed by atoms with Gasteiger partial charge in [-0.3, -0.25) is 4.79 Å². The number of carbonyl (C=O) groups excluding carboxylic acids is 1. The highest BCUT2D eigenvalue weighted by Gasteiger charge is 2.30. The Morgan fingerprint density at radius 3 is 2.68 bits per heavy atom. The van der Waals surface area contributed by atoms with Crippen LogP contribution in [0.5, 0.6) is 11.5 Å². The lowest BCUT2D eigenvalue weighted by atomic mass is 10.1. The highest BCUT2D eigenvalue weighted by atomic mass is 19.4. The minimum Gasteiger partial charge on any atom is -0.504 e. The van der Waals surface area contributed by atoms with Gasteiger partial charge in [0, 0.05) is 12.6 Å². The van der Waals surface area contributed by atoms with E-state index in [-0.39, 0.29) is 18.0 Å². The van der Waals surface area contributed by atoms with Crippen molar-refractivity contribution in [2.24, 2.45) is 0 Å². The van der Waals surface area contributed by atoms with Gasteiger partial charge in [0.2, 0.25) is 5.91 Å². The Kier molecular flexibility index (Phi) is 5.69. The average molecular weight is 351 g/mol. The molecule has 0 aliphatic rings. The molecule has 0 aromatic heterocycles. The number of aromatic hydroxyl groups is 1. The zero-order chi connectivity index (χ0) is 18.4. The minimum absolute atomic E-state index is 0.0198. The molecule has 0 aliphatic carbocycles. The van der Waals surface area contributed by atoms with E-state index in [2.05, 4.69) is 5.32 Å². The first kappa shape index (κ1) is 18.4. The van der Waals surface area contributed by atoms with E-state index >= 15 is 0 Å². The highest BCUT2D eigenvalue weighted by Crippen LogP contribution is 2.29. The van der Waals surface area contributed by atoms with Crippen molar-refractivity contribution >= 4 is 12.0 Å². The smallest absolute Gasteiger partial charge is 0.416 e. The van der Waals surface area contributed by atoms with Crippen LogP contribution < -0.4 is 10.1 Å². The van der Waals surface area contributed by atoms with Gasteiger partial charge >= 0.3 is 6.18 Å². The van der Waals surface area contributed by atoms with Gasteiger partial charge in [0.1, 0.15) is 0 Å². The second kappa shape index (κ2) is 7.74. The maximum atomic E-state index is 12.6. The molecule has 1 amide bonds. The van der Waals surface area contributed by atoms with Crippen LogP contribution in [-0.2, 0) is 17.5 Å². The molecule has 0 aliphatic heterocycles. The van der Waals surface area contributed by atoms with Gasteiger partial charge in [-0.2, -0.15) is 13.2 Å². The van der Waals surface area contributed by atoms with Crippen LogP contribution in [0, 0.1) is 0 Å². The van der Waals surface area contributed by atoms with Crippen molar-refractivity contribution in [1.82, 2.24) is 5.32 Å². The fourth-order valence-electron chi connectivity index (χ4n) is 2.08. The van der Waals surface area contributed by atoms with Crippen molar-refractivity contribution < 1.29 is 27.8 Å². The molecule has 2 aromatic rings. The van der Waals surface area contributed by atoms with Crippen LogP contribution in [-0.4, -0.2) is 18.1 Å². The van der Waals surface area contributed by atoms with Crippen LogP contribution in [0.25, 0.3) is 6.08 Å². The number of phenols is 1. The van der Waals surface area contributed by atoms with E-state index in [1.54, 1.807) is 12.1 Å². The summed E-state index contributed by atoms with van der Waals surface area (Å²) in [6, 6.07) is 9.34. The minimum atomic E-state index is -4.42. The number of hydrogen-bond donors (Lipinski definition) is 2. The third-order valence-corrected chi connectivity index (χ3v) is 3.35. The van der Waals surface area contributed by atoms with E-state index in [9.17, 15) is 23.1 Å². The fourth-order valence-corrected chi connectivity index (χ4v) is 2.08. The van der Waals surface area contributed by atoms with Gasteiger partial charge in [-0.25, -0.2) is 0 Å². The molecule has 2 rings (SSSR count). The molecule has 0 spiro atoms. The Labute approximate surface area is 142 Å². The summed E-state index contributed by atoms with van der Waals surface area (Å²) in [7, 11) is 1.41. The van der Waals surface area contributed by atoms with Crippen LogP contribution in [0.4, 0.5) is 13.2 Å². The summed E-state index contributed by atoms with van der Waals surface area (Å²) in [5, 5.41) is 12.0. The highest BCUT2D eigenvalue weighted by molar-refractivity contribution is 5.91. The maximum Gasteiger partial charge on any atom is 0.416 e. The SMILES string of the molecule is COc1cc(C=CC(=O)NCc2cccc(C(F)(F)F)c2)ccc1O. The molecule has 7 heteroatoms. The number of ether oxygens (including phenoxy) is 1. The molecule has 0 unspecified atom stereocenters. The number of rotatable bonds is 5. The average Bonchev–Trinajstić information content (AvgIpc) is 2.58. The molecule has 0 saturated carbocycles. The second-order valence-corrected chi connectivity index (χ2v) is 5.18. The molecule has 2 aromatic carbocycles. The number of alkyl halides is 3. The summed E-state index contributed by atoms with van der Waals surface area (Å²) < 4.78 is 42.9. The van der Waals surface area contributed by atoms with Gasteiger partial charge in [-0.1, -0.05) is 18.2 Å². The second-order valence-electron chi connectivity index (χ2n) is 5.18. The Morgan fingerprint density at radius 1 is 1.24 bits per heavy atom. The summed E-state index contributed by atoms with van der Waals surface area (Å²) >= 11 is 0. The van der Waals surface area contributed by atoms with E-state index in [0.717, 1.165) is 12.1 Å². The molecule has 0 bridgehead atoms. The van der Waals surface area contributed by atoms with Crippen molar-refractivity contribution in [2.45, 2.75) is 12.7 Å². The van der Waals surface area contributed by atoms with E-state index in [1.807, 2.05) is 0 Å². The van der Waals surface area contributed by atoms with E-state index in [1.165, 1.54) is 37.5 Å². The molecular weight excluding hydrogens is 335 g/mol. The lowest BCUT2D eigenvalue weighted by molar-refractivity contribution is -0.137. The van der Waals surface area contributed by atoms with Gasteiger partial charge in [0.25, 0.3) is 0 Å². The van der Waals surface area contributed by atoms with Crippen molar-refractivity contribution in [1.29, 1.82) is 0 Å². The van der Waals surface area contributed by atoms with Gasteiger partial charge in [0.05, 0.1) is 12.7 Å². The van der Waals surface area contributed by atoms with Crippen LogP contribution >= 0.6 is 0 Å². The molecule has 2 N–H and O–H groups in total. The number of phenolic OH excluding ortho intramolecular Hbond substituents is 1. The summed E-state index contributed by atoms with van der Waals surface area (Å²) in [5.41, 5.74) is 0.220. The number of halogens is 3. The number of methoxy groups -OCH3 is 1. The number of carbonyl (C=O) groups is 1. The number of benzene rings is 2. The Hall–Kier alpha value is -2.96. The molecule has 25 heavy (non-hydrogen) atoms. The van der Waals surface area contributed by atoms with Crippen LogP contribution in [0.1, 0.15) is 16.7 Å². The van der Waals surface area contributed by atoms with Crippen molar-refractivity contribution in [3.8, 4) is 11.5 Å². The summed E-state index contributed by atoms with van der Waals surface area (Å²) in [5.74, 6) is -0.204.